The molecule has 33 heavy (non-hydrogen) atoms. The number of benzene rings is 1. The van der Waals surface area contributed by atoms with Crippen LogP contribution in [0.15, 0.2) is 21.3 Å². The van der Waals surface area contributed by atoms with Gasteiger partial charge < -0.3 is 30.6 Å². The van der Waals surface area contributed by atoms with Crippen LogP contribution in [0.1, 0.15) is 49.3 Å². The van der Waals surface area contributed by atoms with E-state index < -0.39 is 30.1 Å². The van der Waals surface area contributed by atoms with Crippen LogP contribution in [0.2, 0.25) is 0 Å². The molecule has 2 aromatic rings. The normalized spacial score (nSPS) is 14.7. The molecule has 3 amide bonds. The summed E-state index contributed by atoms with van der Waals surface area (Å²) in [5, 5.41) is 15.1. The van der Waals surface area contributed by atoms with Gasteiger partial charge in [0.2, 0.25) is 0 Å². The van der Waals surface area contributed by atoms with E-state index in [-0.39, 0.29) is 18.6 Å². The highest BCUT2D eigenvalue weighted by Crippen LogP contribution is 2.32. The van der Waals surface area contributed by atoms with E-state index in [1.54, 1.807) is 13.0 Å². The predicted octanol–water partition coefficient (Wildman–Crippen LogP) is 1.77. The van der Waals surface area contributed by atoms with Crippen molar-refractivity contribution >= 4 is 28.9 Å². The number of ether oxygens (including phenoxy) is 1. The van der Waals surface area contributed by atoms with Crippen LogP contribution in [-0.2, 0) is 22.4 Å². The summed E-state index contributed by atoms with van der Waals surface area (Å²) < 4.78 is 11.4. The molecule has 1 aromatic carbocycles. The lowest BCUT2D eigenvalue weighted by Crippen LogP contribution is -2.46. The maximum Gasteiger partial charge on any atom is 0.339 e. The fourth-order valence-corrected chi connectivity index (χ4v) is 4.06. The van der Waals surface area contributed by atoms with Crippen molar-refractivity contribution in [1.29, 1.82) is 0 Å². The Balaban J connectivity index is 1.71. The molecule has 178 valence electrons. The fraction of sp³-hybridized carbons (Fsp3) is 0.478. The molecule has 0 saturated carbocycles. The summed E-state index contributed by atoms with van der Waals surface area (Å²) in [5.74, 6) is -1.42. The molecule has 0 fully saturated rings. The van der Waals surface area contributed by atoms with Gasteiger partial charge in [-0.15, -0.1) is 0 Å². The molecule has 0 spiro atoms. The van der Waals surface area contributed by atoms with Crippen molar-refractivity contribution in [3.8, 4) is 5.75 Å². The van der Waals surface area contributed by atoms with E-state index in [0.29, 0.717) is 29.7 Å². The smallest absolute Gasteiger partial charge is 0.339 e. The standard InChI is InChI=1S/C23H29N3O7/c1-12-18(10-9-15-14-6-3-4-7-16(14)22(30)33-19(12)15)32-13(2)20(27)26-17(21(28)29)8-5-11-25-23(24)31/h9-10,13,17H,3-8,11H2,1-2H3,(H,26,27)(H,28,29)(H3,24,25,31)/t13-,17-/m0/s1. The SMILES string of the molecule is Cc1c(O[C@@H](C)C(=O)N[C@@H](CCCNC(N)=O)C(=O)O)ccc2c3c(c(=O)oc12)CCCC3. The zero-order valence-corrected chi connectivity index (χ0v) is 18.7. The predicted molar refractivity (Wildman–Crippen MR) is 120 cm³/mol. The lowest BCUT2D eigenvalue weighted by atomic mass is 9.90. The Morgan fingerprint density at radius 3 is 2.58 bits per heavy atom. The van der Waals surface area contributed by atoms with Crippen LogP contribution >= 0.6 is 0 Å². The Morgan fingerprint density at radius 2 is 1.91 bits per heavy atom. The van der Waals surface area contributed by atoms with Crippen LogP contribution in [0.3, 0.4) is 0 Å². The molecule has 0 radical (unpaired) electrons. The third kappa shape index (κ3) is 5.63. The van der Waals surface area contributed by atoms with E-state index in [1.165, 1.54) is 6.92 Å². The average molecular weight is 459 g/mol. The van der Waals surface area contributed by atoms with Gasteiger partial charge in [-0.2, -0.15) is 0 Å². The van der Waals surface area contributed by atoms with E-state index in [1.807, 2.05) is 6.07 Å². The molecule has 10 heteroatoms. The van der Waals surface area contributed by atoms with Crippen LogP contribution in [-0.4, -0.2) is 41.7 Å². The molecule has 0 bridgehead atoms. The van der Waals surface area contributed by atoms with Crippen molar-refractivity contribution in [3.63, 3.8) is 0 Å². The molecule has 0 aliphatic heterocycles. The van der Waals surface area contributed by atoms with E-state index >= 15 is 0 Å². The van der Waals surface area contributed by atoms with Crippen molar-refractivity contribution in [1.82, 2.24) is 10.6 Å². The fourth-order valence-electron chi connectivity index (χ4n) is 4.06. The summed E-state index contributed by atoms with van der Waals surface area (Å²) in [5.41, 5.74) is 7.44. The third-order valence-electron chi connectivity index (χ3n) is 5.85. The van der Waals surface area contributed by atoms with Crippen LogP contribution in [0, 0.1) is 6.92 Å². The largest absolute Gasteiger partial charge is 0.480 e. The number of carboxylic acid groups (broad SMARTS) is 1. The van der Waals surface area contributed by atoms with Gasteiger partial charge in [-0.05, 0) is 70.1 Å². The summed E-state index contributed by atoms with van der Waals surface area (Å²) in [7, 11) is 0. The van der Waals surface area contributed by atoms with Gasteiger partial charge in [-0.3, -0.25) is 4.79 Å². The Labute approximate surface area is 190 Å². The monoisotopic (exact) mass is 459 g/mol. The number of carboxylic acids is 1. The number of carbonyl (C=O) groups is 3. The topological polar surface area (TPSA) is 161 Å². The Hall–Kier alpha value is -3.56. The van der Waals surface area contributed by atoms with Crippen LogP contribution in [0.25, 0.3) is 11.0 Å². The lowest BCUT2D eigenvalue weighted by Gasteiger charge is -2.21. The molecule has 5 N–H and O–H groups in total. The van der Waals surface area contributed by atoms with E-state index in [2.05, 4.69) is 10.6 Å². The molecular formula is C23H29N3O7. The number of amides is 3. The van der Waals surface area contributed by atoms with Crippen molar-refractivity contribution in [2.45, 2.75) is 64.5 Å². The quantitative estimate of drug-likeness (QED) is 0.328. The number of primary amides is 1. The highest BCUT2D eigenvalue weighted by atomic mass is 16.5. The number of aryl methyl sites for hydroxylation is 2. The second-order valence-electron chi connectivity index (χ2n) is 8.21. The number of aliphatic carboxylic acids is 1. The molecule has 1 heterocycles. The van der Waals surface area contributed by atoms with E-state index in [9.17, 15) is 24.3 Å². The summed E-state index contributed by atoms with van der Waals surface area (Å²) in [6.45, 7) is 3.47. The molecule has 0 unspecified atom stereocenters. The first kappa shape index (κ1) is 24.1. The Kier molecular flexibility index (Phi) is 7.57. The maximum absolute atomic E-state index is 12.6. The number of hydrogen-bond acceptors (Lipinski definition) is 6. The molecule has 3 rings (SSSR count). The van der Waals surface area contributed by atoms with E-state index in [4.69, 9.17) is 14.9 Å². The zero-order valence-electron chi connectivity index (χ0n) is 18.7. The highest BCUT2D eigenvalue weighted by molar-refractivity contribution is 5.88. The molecule has 10 nitrogen and oxygen atoms in total. The second kappa shape index (κ2) is 10.4. The first-order valence-corrected chi connectivity index (χ1v) is 11.0. The number of fused-ring (bicyclic) bond motifs is 3. The highest BCUT2D eigenvalue weighted by Gasteiger charge is 2.25. The maximum atomic E-state index is 12.6. The summed E-state index contributed by atoms with van der Waals surface area (Å²) >= 11 is 0. The Morgan fingerprint density at radius 1 is 1.21 bits per heavy atom. The minimum atomic E-state index is -1.19. The molecule has 0 saturated heterocycles. The van der Waals surface area contributed by atoms with Crippen LogP contribution in [0.5, 0.6) is 5.75 Å². The number of urea groups is 1. The van der Waals surface area contributed by atoms with Gasteiger partial charge in [0.15, 0.2) is 6.10 Å². The van der Waals surface area contributed by atoms with Gasteiger partial charge >= 0.3 is 17.6 Å². The third-order valence-corrected chi connectivity index (χ3v) is 5.85. The van der Waals surface area contributed by atoms with Gasteiger partial charge in [0.1, 0.15) is 17.4 Å². The van der Waals surface area contributed by atoms with Gasteiger partial charge in [0.25, 0.3) is 5.91 Å². The van der Waals surface area contributed by atoms with Crippen molar-refractivity contribution in [2.24, 2.45) is 5.73 Å². The minimum absolute atomic E-state index is 0.110. The molecule has 2 atom stereocenters. The zero-order chi connectivity index (χ0) is 24.1. The van der Waals surface area contributed by atoms with E-state index in [0.717, 1.165) is 35.8 Å². The van der Waals surface area contributed by atoms with Gasteiger partial charge in [0, 0.05) is 23.1 Å². The van der Waals surface area contributed by atoms with Crippen molar-refractivity contribution in [3.05, 3.63) is 39.2 Å². The van der Waals surface area contributed by atoms with Gasteiger partial charge in [-0.1, -0.05) is 0 Å². The number of nitrogens with one attached hydrogen (secondary N) is 2. The van der Waals surface area contributed by atoms with Gasteiger partial charge in [0.05, 0.1) is 0 Å². The summed E-state index contributed by atoms with van der Waals surface area (Å²) in [6.07, 6.45) is 2.96. The second-order valence-corrected chi connectivity index (χ2v) is 8.21. The van der Waals surface area contributed by atoms with Crippen molar-refractivity contribution < 1.29 is 28.6 Å². The van der Waals surface area contributed by atoms with Crippen LogP contribution < -0.4 is 26.7 Å². The summed E-state index contributed by atoms with van der Waals surface area (Å²) in [4.78, 5) is 47.2. The van der Waals surface area contributed by atoms with Gasteiger partial charge in [-0.25, -0.2) is 14.4 Å². The first-order valence-electron chi connectivity index (χ1n) is 11.0. The lowest BCUT2D eigenvalue weighted by molar-refractivity contribution is -0.143. The molecule has 1 aliphatic carbocycles. The average Bonchev–Trinajstić information content (AvgIpc) is 2.77. The molecular weight excluding hydrogens is 430 g/mol. The van der Waals surface area contributed by atoms with Crippen LogP contribution in [0.4, 0.5) is 4.79 Å². The number of rotatable bonds is 9. The van der Waals surface area contributed by atoms with Crippen molar-refractivity contribution in [2.75, 3.05) is 6.54 Å². The Bertz CT molecular complexity index is 1130. The number of nitrogens with two attached hydrogens (primary N) is 1. The minimum Gasteiger partial charge on any atom is -0.480 e. The first-order chi connectivity index (χ1) is 15.7. The molecule has 1 aliphatic rings. The number of hydrogen-bond donors (Lipinski definition) is 4. The number of carbonyl (C=O) groups excluding carboxylic acids is 2. The molecule has 1 aromatic heterocycles. The summed E-state index contributed by atoms with van der Waals surface area (Å²) in [6, 6.07) is 1.73.